The number of carboxylic acids is 1. The smallest absolute Gasteiger partial charge is 0.306 e. The molecule has 10 aromatic rings. The first-order valence-electron chi connectivity index (χ1n) is 26.0. The van der Waals surface area contributed by atoms with Crippen molar-refractivity contribution in [1.82, 2.24) is 29.4 Å². The summed E-state index contributed by atoms with van der Waals surface area (Å²) in [5.41, 5.74) is 4.26. The predicted octanol–water partition coefficient (Wildman–Crippen LogP) is 12.2. The molecule has 0 spiro atoms. The van der Waals surface area contributed by atoms with Gasteiger partial charge in [-0.1, -0.05) is 46.7 Å². The number of aromatic nitrogens is 6. The van der Waals surface area contributed by atoms with Crippen molar-refractivity contribution in [1.29, 1.82) is 0 Å². The number of nitrogens with zero attached hydrogens (tertiary/aromatic N) is 6. The lowest BCUT2D eigenvalue weighted by atomic mass is 10.0. The van der Waals surface area contributed by atoms with Gasteiger partial charge in [0.1, 0.15) is 63.8 Å². The molecule has 0 saturated carbocycles. The minimum Gasteiger partial charge on any atom is -0.481 e. The molecule has 0 unspecified atom stereocenters. The molecule has 0 aliphatic heterocycles. The van der Waals surface area contributed by atoms with E-state index in [-0.39, 0.29) is 41.5 Å². The van der Waals surface area contributed by atoms with Crippen molar-refractivity contribution in [3.63, 3.8) is 0 Å². The monoisotopic (exact) mass is 1100 g/mol. The first kappa shape index (κ1) is 56.4. The van der Waals surface area contributed by atoms with Crippen LogP contribution >= 0.6 is 0 Å². The summed E-state index contributed by atoms with van der Waals surface area (Å²) in [4.78, 5) is 59.9. The SMILES string of the molecule is CC(C)(C)OC(=O)CCCCc1nc2cc(-c3cc([C@@H](O)c4ccc(F)cc4)on3)ccc2c(=O)n1-c1ccc(F)cc1.O=C(O)CCCCc1nc2cc(-c3cc(Cc4ccc(F)cc4)on3)ccc2c(=O)n1-c1ccc(F)cc1. The highest BCUT2D eigenvalue weighted by Crippen LogP contribution is 2.30. The molecule has 2 N–H and O–H groups in total. The summed E-state index contributed by atoms with van der Waals surface area (Å²) in [5.74, 6) is -1.07. The fourth-order valence-corrected chi connectivity index (χ4v) is 9.03. The van der Waals surface area contributed by atoms with E-state index >= 15 is 0 Å². The third-order valence-corrected chi connectivity index (χ3v) is 13.0. The highest BCUT2D eigenvalue weighted by molar-refractivity contribution is 5.84. The molecule has 4 heterocycles. The second-order valence-electron chi connectivity index (χ2n) is 20.2. The van der Waals surface area contributed by atoms with Crippen LogP contribution in [0.15, 0.2) is 164 Å². The number of esters is 1. The van der Waals surface area contributed by atoms with Gasteiger partial charge in [0.2, 0.25) is 0 Å². The number of carboxylic acid groups (broad SMARTS) is 1. The normalized spacial score (nSPS) is 11.9. The molecule has 0 aliphatic rings. The van der Waals surface area contributed by atoms with Crippen LogP contribution in [0.5, 0.6) is 0 Å². The molecule has 0 bridgehead atoms. The number of unbranched alkanes of at least 4 members (excludes halogenated alkanes) is 2. The first-order chi connectivity index (χ1) is 38.8. The number of aliphatic carboxylic acids is 1. The molecule has 0 amide bonds. The van der Waals surface area contributed by atoms with Crippen molar-refractivity contribution in [2.24, 2.45) is 0 Å². The maximum Gasteiger partial charge on any atom is 0.306 e. The topological polar surface area (TPSA) is 206 Å². The van der Waals surface area contributed by atoms with Crippen molar-refractivity contribution >= 4 is 33.7 Å². The van der Waals surface area contributed by atoms with E-state index in [1.165, 1.54) is 94.1 Å². The highest BCUT2D eigenvalue weighted by Gasteiger charge is 2.21. The summed E-state index contributed by atoms with van der Waals surface area (Å²) in [6, 6.07) is 36.3. The Morgan fingerprint density at radius 3 is 1.53 bits per heavy atom. The zero-order chi connectivity index (χ0) is 57.4. The summed E-state index contributed by atoms with van der Waals surface area (Å²) in [7, 11) is 0. The Morgan fingerprint density at radius 1 is 0.580 bits per heavy atom. The van der Waals surface area contributed by atoms with Gasteiger partial charge in [-0.3, -0.25) is 28.3 Å². The van der Waals surface area contributed by atoms with Crippen LogP contribution in [0.2, 0.25) is 0 Å². The van der Waals surface area contributed by atoms with E-state index in [0.29, 0.717) is 124 Å². The molecular formula is C62H54F4N6O9. The second-order valence-corrected chi connectivity index (χ2v) is 20.2. The lowest BCUT2D eigenvalue weighted by molar-refractivity contribution is -0.155. The third-order valence-electron chi connectivity index (χ3n) is 13.0. The number of aryl methyl sites for hydroxylation is 2. The number of halogens is 4. The average molecular weight is 1100 g/mol. The average Bonchev–Trinajstić information content (AvgIpc) is 4.15. The van der Waals surface area contributed by atoms with Crippen LogP contribution in [0.25, 0.3) is 55.7 Å². The summed E-state index contributed by atoms with van der Waals surface area (Å²) in [6.45, 7) is 5.44. The van der Waals surface area contributed by atoms with Crippen molar-refractivity contribution in [3.8, 4) is 33.9 Å². The standard InChI is InChI=1S/C33H31F2N3O5.C29H23F2N3O4/c1-33(2,3)42-30(39)7-5-4-6-29-36-27-18-21(10-17-25(27)32(41)38(29)24-15-13-23(35)14-16-24)26-19-28(43-37-26)31(40)20-8-11-22(34)12-9-20;30-20-8-5-18(6-9-20)15-23-17-25(33-38-23)19-7-14-24-26(16-19)32-27(3-1-2-4-28(35)36)34(29(24)37)22-12-10-21(31)11-13-22/h8-19,31,40H,4-7H2,1-3H3;5-14,16-17H,1-4,15H2,(H,35,36)/t31-;/m0./s1. The Morgan fingerprint density at radius 2 is 1.04 bits per heavy atom. The van der Waals surface area contributed by atoms with Crippen LogP contribution in [0.4, 0.5) is 17.6 Å². The molecule has 1 atom stereocenters. The molecule has 15 nitrogen and oxygen atoms in total. The van der Waals surface area contributed by atoms with Gasteiger partial charge in [0.15, 0.2) is 5.76 Å². The van der Waals surface area contributed by atoms with Crippen molar-refractivity contribution in [3.05, 3.63) is 224 Å². The van der Waals surface area contributed by atoms with Gasteiger partial charge in [-0.25, -0.2) is 27.5 Å². The molecule has 4 aromatic heterocycles. The van der Waals surface area contributed by atoms with Crippen LogP contribution < -0.4 is 11.1 Å². The number of carbonyl (C=O) groups excluding carboxylic acids is 1. The molecule has 0 fully saturated rings. The van der Waals surface area contributed by atoms with Gasteiger partial charge in [0.25, 0.3) is 11.1 Å². The molecule has 19 heteroatoms. The molecule has 414 valence electrons. The number of hydrogen-bond donors (Lipinski definition) is 2. The third kappa shape index (κ3) is 14.1. The van der Waals surface area contributed by atoms with Gasteiger partial charge in [0, 0.05) is 55.4 Å². The predicted molar refractivity (Wildman–Crippen MR) is 294 cm³/mol. The van der Waals surface area contributed by atoms with Gasteiger partial charge in [-0.2, -0.15) is 0 Å². The summed E-state index contributed by atoms with van der Waals surface area (Å²) in [6.07, 6.45) is 2.34. The lowest BCUT2D eigenvalue weighted by Crippen LogP contribution is -2.24. The highest BCUT2D eigenvalue weighted by atomic mass is 19.1. The van der Waals surface area contributed by atoms with E-state index in [1.807, 2.05) is 20.8 Å². The van der Waals surface area contributed by atoms with Crippen LogP contribution in [-0.2, 0) is 33.6 Å². The molecule has 0 radical (unpaired) electrons. The van der Waals surface area contributed by atoms with Gasteiger partial charge in [-0.05, 0) is 155 Å². The fraction of sp³-hybridized carbons (Fsp3) is 0.226. The van der Waals surface area contributed by atoms with Crippen LogP contribution in [0.3, 0.4) is 0 Å². The number of fused-ring (bicyclic) bond motifs is 2. The zero-order valence-electron chi connectivity index (χ0n) is 44.2. The van der Waals surface area contributed by atoms with Gasteiger partial charge < -0.3 is 24.0 Å². The van der Waals surface area contributed by atoms with Gasteiger partial charge >= 0.3 is 11.9 Å². The quantitative estimate of drug-likeness (QED) is 0.0467. The maximum atomic E-state index is 13.7. The Balaban J connectivity index is 0.000000197. The number of hydrogen-bond acceptors (Lipinski definition) is 12. The van der Waals surface area contributed by atoms with Gasteiger partial charge in [0.05, 0.1) is 33.2 Å². The fourth-order valence-electron chi connectivity index (χ4n) is 9.03. The second kappa shape index (κ2) is 24.8. The Kier molecular flexibility index (Phi) is 17.2. The lowest BCUT2D eigenvalue weighted by Gasteiger charge is -2.19. The molecule has 0 aliphatic carbocycles. The van der Waals surface area contributed by atoms with Gasteiger partial charge in [-0.15, -0.1) is 0 Å². The Labute approximate surface area is 460 Å². The summed E-state index contributed by atoms with van der Waals surface area (Å²) in [5, 5.41) is 28.6. The van der Waals surface area contributed by atoms with Crippen molar-refractivity contribution in [2.45, 2.75) is 90.3 Å². The molecular weight excluding hydrogens is 1050 g/mol. The minimum atomic E-state index is -1.14. The summed E-state index contributed by atoms with van der Waals surface area (Å²) < 4.78 is 72.8. The van der Waals surface area contributed by atoms with E-state index in [0.717, 1.165) is 5.56 Å². The van der Waals surface area contributed by atoms with Crippen LogP contribution in [0.1, 0.15) is 99.7 Å². The van der Waals surface area contributed by atoms with Crippen molar-refractivity contribution < 1.29 is 51.1 Å². The number of carbonyl (C=O) groups is 2. The number of aliphatic hydroxyl groups is 1. The Bertz CT molecular complexity index is 3980. The number of aliphatic hydroxyl groups excluding tert-OH is 1. The van der Waals surface area contributed by atoms with E-state index in [1.54, 1.807) is 60.7 Å². The van der Waals surface area contributed by atoms with Crippen molar-refractivity contribution in [2.75, 3.05) is 0 Å². The van der Waals surface area contributed by atoms with E-state index in [2.05, 4.69) is 10.3 Å². The largest absolute Gasteiger partial charge is 0.481 e. The number of benzene rings is 6. The molecule has 81 heavy (non-hydrogen) atoms. The number of ether oxygens (including phenoxy) is 1. The zero-order valence-corrected chi connectivity index (χ0v) is 44.2. The molecule has 10 rings (SSSR count). The summed E-state index contributed by atoms with van der Waals surface area (Å²) >= 11 is 0. The van der Waals surface area contributed by atoms with Crippen LogP contribution in [-0.4, -0.2) is 57.2 Å². The minimum absolute atomic E-state index is 0.0188. The first-order valence-corrected chi connectivity index (χ1v) is 26.0. The van der Waals surface area contributed by atoms with E-state index in [9.17, 15) is 41.8 Å². The Hall–Kier alpha value is -9.36. The maximum absolute atomic E-state index is 13.7. The molecule has 6 aromatic carbocycles. The van der Waals surface area contributed by atoms with E-state index in [4.69, 9.17) is 28.9 Å². The van der Waals surface area contributed by atoms with E-state index < -0.39 is 35.1 Å². The van der Waals surface area contributed by atoms with Crippen LogP contribution in [0, 0.1) is 23.3 Å². The molecule has 0 saturated heterocycles. The number of rotatable bonds is 18.